The van der Waals surface area contributed by atoms with Crippen LogP contribution in [0.25, 0.3) is 0 Å². The normalized spacial score (nSPS) is 12.2. The van der Waals surface area contributed by atoms with E-state index in [2.05, 4.69) is 39.1 Å². The summed E-state index contributed by atoms with van der Waals surface area (Å²) in [6.45, 7) is 11.9. The van der Waals surface area contributed by atoms with Gasteiger partial charge in [0.05, 0.1) is 0 Å². The molecule has 0 aliphatic heterocycles. The van der Waals surface area contributed by atoms with Gasteiger partial charge in [0.1, 0.15) is 0 Å². The van der Waals surface area contributed by atoms with Crippen LogP contribution in [-0.2, 0) is 14.1 Å². The Morgan fingerprint density at radius 2 is 1.65 bits per heavy atom. The topological polar surface area (TPSA) is 79.2 Å². The summed E-state index contributed by atoms with van der Waals surface area (Å²) in [6, 6.07) is 2.28. The molecule has 0 bridgehead atoms. The second-order valence-corrected chi connectivity index (χ2v) is 12.7. The van der Waals surface area contributed by atoms with Crippen molar-refractivity contribution in [3.8, 4) is 6.07 Å². The minimum atomic E-state index is -1.89. The summed E-state index contributed by atoms with van der Waals surface area (Å²) >= 11 is 0. The van der Waals surface area contributed by atoms with Crippen LogP contribution in [0.15, 0.2) is 0 Å². The molecule has 1 amide bonds. The number of rotatable bonds is 15. The van der Waals surface area contributed by atoms with Crippen molar-refractivity contribution in [3.63, 3.8) is 0 Å². The number of nitriles is 1. The number of unbranched alkanes of at least 4 members (excludes halogenated alkanes) is 3. The summed E-state index contributed by atoms with van der Waals surface area (Å²) in [5.74, 6) is 0.0167. The number of hydrogen-bond acceptors (Lipinski definition) is 4. The minimum absolute atomic E-state index is 0.0364. The van der Waals surface area contributed by atoms with E-state index in [0.29, 0.717) is 37.1 Å². The van der Waals surface area contributed by atoms with E-state index < -0.39 is 7.49 Å². The monoisotopic (exact) mass is 386 g/mol. The van der Waals surface area contributed by atoms with Gasteiger partial charge in [-0.25, -0.2) is 0 Å². The van der Waals surface area contributed by atoms with Crippen LogP contribution in [0.2, 0.25) is 0 Å². The third-order valence-electron chi connectivity index (χ3n) is 5.05. The van der Waals surface area contributed by atoms with Crippen molar-refractivity contribution < 1.29 is 14.1 Å². The van der Waals surface area contributed by atoms with E-state index >= 15 is 0 Å². The molecule has 0 saturated carbocycles. The zero-order valence-corrected chi connectivity index (χ0v) is 18.4. The number of nitrogens with one attached hydrogen (secondary N) is 1. The molecule has 26 heavy (non-hydrogen) atoms. The fourth-order valence-electron chi connectivity index (χ4n) is 3.35. The van der Waals surface area contributed by atoms with Crippen LogP contribution in [0.1, 0.15) is 79.6 Å². The second kappa shape index (κ2) is 14.1. The Morgan fingerprint density at radius 1 is 1.04 bits per heavy atom. The fourth-order valence-corrected chi connectivity index (χ4v) is 7.68. The molecule has 152 valence electrons. The van der Waals surface area contributed by atoms with E-state index in [1.54, 1.807) is 0 Å². The van der Waals surface area contributed by atoms with Gasteiger partial charge in [-0.05, 0) is 6.92 Å². The van der Waals surface area contributed by atoms with Gasteiger partial charge in [0.15, 0.2) is 0 Å². The number of ketones is 1. The van der Waals surface area contributed by atoms with Crippen LogP contribution in [0.5, 0.6) is 0 Å². The predicted octanol–water partition coefficient (Wildman–Crippen LogP) is 4.44. The zero-order valence-electron chi connectivity index (χ0n) is 17.4. The van der Waals surface area contributed by atoms with E-state index in [4.69, 9.17) is 9.79 Å². The molecule has 0 heterocycles. The van der Waals surface area contributed by atoms with E-state index in [1.807, 2.05) is 0 Å². The third kappa shape index (κ3) is 10.2. The first-order valence-corrected chi connectivity index (χ1v) is 12.3. The molecule has 0 radical (unpaired) electrons. The van der Waals surface area contributed by atoms with Crippen molar-refractivity contribution in [2.75, 3.05) is 19.3 Å². The molecule has 0 unspecified atom stereocenters. The van der Waals surface area contributed by atoms with E-state index in [1.165, 1.54) is 6.92 Å². The van der Waals surface area contributed by atoms with Gasteiger partial charge in [-0.1, -0.05) is 0 Å². The maximum absolute atomic E-state index is 11.5. The SMILES string of the molecule is CC(=O)CCC(=O)NCCCCCCO[PH](CCC#N)(C(C)C)C(C)C. The first kappa shape index (κ1) is 25.0. The maximum atomic E-state index is 11.5. The van der Waals surface area contributed by atoms with Gasteiger partial charge in [-0.15, -0.1) is 0 Å². The number of carbonyl (C=O) groups is 2. The van der Waals surface area contributed by atoms with Gasteiger partial charge in [-0.3, -0.25) is 0 Å². The molecule has 0 aliphatic carbocycles. The van der Waals surface area contributed by atoms with Gasteiger partial charge in [0.25, 0.3) is 0 Å². The van der Waals surface area contributed by atoms with Crippen molar-refractivity contribution >= 4 is 19.2 Å². The number of hydrogen-bond donors (Lipinski definition) is 1. The number of amides is 1. The summed E-state index contributed by atoms with van der Waals surface area (Å²) in [4.78, 5) is 22.3. The predicted molar refractivity (Wildman–Crippen MR) is 111 cm³/mol. The van der Waals surface area contributed by atoms with Crippen molar-refractivity contribution in [2.24, 2.45) is 0 Å². The molecule has 0 atom stereocenters. The molecule has 0 aliphatic rings. The van der Waals surface area contributed by atoms with Crippen LogP contribution >= 0.6 is 7.49 Å². The molecule has 6 heteroatoms. The molecule has 0 aromatic carbocycles. The molecule has 0 rings (SSSR count). The summed E-state index contributed by atoms with van der Waals surface area (Å²) < 4.78 is 6.44. The summed E-state index contributed by atoms with van der Waals surface area (Å²) in [7, 11) is -1.89. The van der Waals surface area contributed by atoms with Gasteiger partial charge in [-0.2, -0.15) is 0 Å². The Morgan fingerprint density at radius 3 is 2.19 bits per heavy atom. The fraction of sp³-hybridized carbons (Fsp3) is 0.850. The number of nitrogens with zero attached hydrogens (tertiary/aromatic N) is 1. The average Bonchev–Trinajstić information content (AvgIpc) is 2.57. The standard InChI is InChI=1S/C20H39N2O3P/c1-17(2)26(18(3)4,16-10-13-21)25-15-9-7-6-8-14-22-20(24)12-11-19(5)23/h17-18,26H,6-12,14-16H2,1-5H3,(H,22,24). The van der Waals surface area contributed by atoms with E-state index in [0.717, 1.165) is 38.5 Å². The van der Waals surface area contributed by atoms with Crippen molar-refractivity contribution in [2.45, 2.75) is 90.9 Å². The Bertz CT molecular complexity index is 450. The van der Waals surface area contributed by atoms with Gasteiger partial charge in [0, 0.05) is 0 Å². The third-order valence-corrected chi connectivity index (χ3v) is 10.7. The van der Waals surface area contributed by atoms with Crippen molar-refractivity contribution in [1.82, 2.24) is 5.32 Å². The van der Waals surface area contributed by atoms with E-state index in [-0.39, 0.29) is 11.7 Å². The molecule has 5 nitrogen and oxygen atoms in total. The van der Waals surface area contributed by atoms with Crippen molar-refractivity contribution in [1.29, 1.82) is 5.26 Å². The van der Waals surface area contributed by atoms with Crippen LogP contribution in [0.3, 0.4) is 0 Å². The van der Waals surface area contributed by atoms with Crippen LogP contribution < -0.4 is 5.32 Å². The molecule has 0 spiro atoms. The van der Waals surface area contributed by atoms with Gasteiger partial charge in [0.2, 0.25) is 0 Å². The van der Waals surface area contributed by atoms with Crippen LogP contribution in [0.4, 0.5) is 0 Å². The Labute approximate surface area is 160 Å². The molecular formula is C20H39N2O3P. The van der Waals surface area contributed by atoms with Gasteiger partial charge < -0.3 is 4.79 Å². The first-order chi connectivity index (χ1) is 12.3. The molecule has 0 aromatic rings. The summed E-state index contributed by atoms with van der Waals surface area (Å²) in [5, 5.41) is 11.8. The molecule has 1 N–H and O–H groups in total. The quantitative estimate of drug-likeness (QED) is 0.333. The number of Topliss-reactive ketones (excluding diaryl/α,β-unsaturated/α-hetero) is 1. The van der Waals surface area contributed by atoms with E-state index in [9.17, 15) is 9.59 Å². The van der Waals surface area contributed by atoms with Crippen LogP contribution in [-0.4, -0.2) is 42.3 Å². The van der Waals surface area contributed by atoms with Crippen molar-refractivity contribution in [3.05, 3.63) is 0 Å². The summed E-state index contributed by atoms with van der Waals surface area (Å²) in [6.07, 6.45) is 6.26. The second-order valence-electron chi connectivity index (χ2n) is 7.74. The zero-order chi connectivity index (χ0) is 20.0. The molecular weight excluding hydrogens is 347 g/mol. The Hall–Kier alpha value is -0.980. The molecule has 0 fully saturated rings. The summed E-state index contributed by atoms with van der Waals surface area (Å²) in [5.41, 5.74) is 1.03. The molecule has 0 saturated heterocycles. The number of carbonyl (C=O) groups excluding carboxylic acids is 2. The van der Waals surface area contributed by atoms with Gasteiger partial charge >= 0.3 is 148 Å². The Balaban J connectivity index is 3.96. The first-order valence-electron chi connectivity index (χ1n) is 10.0. The average molecular weight is 387 g/mol. The van der Waals surface area contributed by atoms with Crippen LogP contribution in [0, 0.1) is 11.3 Å². The Kier molecular flexibility index (Phi) is 13.6. The molecule has 0 aromatic heterocycles.